The Morgan fingerprint density at radius 3 is 2.50 bits per heavy atom. The molecule has 0 spiro atoms. The average molecular weight is 471 g/mol. The zero-order valence-electron chi connectivity index (χ0n) is 16.8. The molecule has 1 N–H and O–H groups in total. The van der Waals surface area contributed by atoms with Crippen molar-refractivity contribution in [3.05, 3.63) is 41.2 Å². The molecule has 1 amide bonds. The lowest BCUT2D eigenvalue weighted by Gasteiger charge is -2.34. The Kier molecular flexibility index (Phi) is 7.35. The summed E-state index contributed by atoms with van der Waals surface area (Å²) in [6.07, 6.45) is 1.05. The molecule has 8 nitrogen and oxygen atoms in total. The number of morpholine rings is 1. The maximum absolute atomic E-state index is 12.9. The Morgan fingerprint density at radius 1 is 1.27 bits per heavy atom. The Balaban J connectivity index is 1.74. The number of benzene rings is 1. The van der Waals surface area contributed by atoms with E-state index < -0.39 is 15.9 Å². The summed E-state index contributed by atoms with van der Waals surface area (Å²) < 4.78 is 32.9. The van der Waals surface area contributed by atoms with Crippen LogP contribution in [0.15, 0.2) is 40.5 Å². The average Bonchev–Trinajstić information content (AvgIpc) is 2.69. The summed E-state index contributed by atoms with van der Waals surface area (Å²) in [6, 6.07) is 6.01. The minimum atomic E-state index is -3.65. The van der Waals surface area contributed by atoms with E-state index in [0.717, 1.165) is 5.75 Å². The van der Waals surface area contributed by atoms with Crippen LogP contribution in [0.1, 0.15) is 31.3 Å². The number of carbonyl (C=O) groups is 1. The second-order valence-corrected chi connectivity index (χ2v) is 10.4. The van der Waals surface area contributed by atoms with Crippen molar-refractivity contribution in [2.24, 2.45) is 0 Å². The van der Waals surface area contributed by atoms with E-state index in [1.807, 2.05) is 20.8 Å². The van der Waals surface area contributed by atoms with Crippen LogP contribution in [-0.2, 0) is 14.8 Å². The van der Waals surface area contributed by atoms with Gasteiger partial charge < -0.3 is 10.1 Å². The molecule has 11 heteroatoms. The molecule has 0 bridgehead atoms. The van der Waals surface area contributed by atoms with Gasteiger partial charge in [-0.1, -0.05) is 30.3 Å². The zero-order valence-corrected chi connectivity index (χ0v) is 19.2. The van der Waals surface area contributed by atoms with Crippen LogP contribution >= 0.6 is 23.4 Å². The summed E-state index contributed by atoms with van der Waals surface area (Å²) in [5, 5.41) is 3.29. The number of hydrogen-bond acceptors (Lipinski definition) is 7. The predicted molar refractivity (Wildman–Crippen MR) is 117 cm³/mol. The van der Waals surface area contributed by atoms with Gasteiger partial charge in [0.2, 0.25) is 10.0 Å². The monoisotopic (exact) mass is 470 g/mol. The van der Waals surface area contributed by atoms with E-state index in [4.69, 9.17) is 16.3 Å². The van der Waals surface area contributed by atoms with Crippen LogP contribution in [0, 0.1) is 0 Å². The molecule has 2 aromatic rings. The molecule has 30 heavy (non-hydrogen) atoms. The highest BCUT2D eigenvalue weighted by atomic mass is 35.5. The van der Waals surface area contributed by atoms with Gasteiger partial charge in [0.05, 0.1) is 28.3 Å². The molecule has 1 aromatic heterocycles. The minimum absolute atomic E-state index is 0.0654. The number of halogens is 1. The fraction of sp³-hybridized carbons (Fsp3) is 0.421. The van der Waals surface area contributed by atoms with Gasteiger partial charge in [0.25, 0.3) is 5.91 Å². The second kappa shape index (κ2) is 9.61. The third-order valence-electron chi connectivity index (χ3n) is 4.35. The fourth-order valence-corrected chi connectivity index (χ4v) is 5.39. The maximum atomic E-state index is 12.9. The molecule has 1 aliphatic rings. The number of nitrogens with zero attached hydrogens (tertiary/aromatic N) is 3. The number of amides is 1. The molecule has 2 heterocycles. The Morgan fingerprint density at radius 2 is 1.90 bits per heavy atom. The number of ether oxygens (including phenoxy) is 1. The highest BCUT2D eigenvalue weighted by Gasteiger charge is 2.32. The number of nitrogens with one attached hydrogen (secondary N) is 1. The van der Waals surface area contributed by atoms with E-state index in [9.17, 15) is 13.2 Å². The van der Waals surface area contributed by atoms with Gasteiger partial charge in [-0.15, -0.1) is 0 Å². The molecular formula is C19H23ClN4O4S2. The van der Waals surface area contributed by atoms with Crippen LogP contribution in [0.4, 0.5) is 5.69 Å². The minimum Gasteiger partial charge on any atom is -0.373 e. The van der Waals surface area contributed by atoms with Crippen molar-refractivity contribution in [1.82, 2.24) is 14.3 Å². The van der Waals surface area contributed by atoms with Crippen molar-refractivity contribution in [1.29, 1.82) is 0 Å². The van der Waals surface area contributed by atoms with Gasteiger partial charge in [-0.2, -0.15) is 4.31 Å². The number of carbonyl (C=O) groups excluding carboxylic acids is 1. The van der Waals surface area contributed by atoms with Crippen molar-refractivity contribution in [2.45, 2.75) is 43.0 Å². The van der Waals surface area contributed by atoms with E-state index >= 15 is 0 Å². The first-order chi connectivity index (χ1) is 14.2. The van der Waals surface area contributed by atoms with Crippen molar-refractivity contribution in [3.63, 3.8) is 0 Å². The molecule has 0 unspecified atom stereocenters. The summed E-state index contributed by atoms with van der Waals surface area (Å²) in [7, 11) is -3.65. The van der Waals surface area contributed by atoms with Gasteiger partial charge >= 0.3 is 0 Å². The van der Waals surface area contributed by atoms with Crippen molar-refractivity contribution in [2.75, 3.05) is 24.2 Å². The second-order valence-electron chi connectivity index (χ2n) is 6.84. The lowest BCUT2D eigenvalue weighted by molar-refractivity contribution is -0.0440. The molecular weight excluding hydrogens is 448 g/mol. The number of anilines is 1. The molecule has 0 saturated carbocycles. The summed E-state index contributed by atoms with van der Waals surface area (Å²) in [5.74, 6) is 0.270. The summed E-state index contributed by atoms with van der Waals surface area (Å²) in [5.41, 5.74) is 0.498. The Hall–Kier alpha value is -1.72. The molecule has 1 aromatic carbocycles. The maximum Gasteiger partial charge on any atom is 0.275 e. The van der Waals surface area contributed by atoms with Crippen molar-refractivity contribution in [3.8, 4) is 0 Å². The molecule has 162 valence electrons. The number of hydrogen-bond donors (Lipinski definition) is 1. The molecule has 0 radical (unpaired) electrons. The fourth-order valence-electron chi connectivity index (χ4n) is 3.09. The van der Waals surface area contributed by atoms with Crippen LogP contribution < -0.4 is 5.32 Å². The molecule has 3 rings (SSSR count). The van der Waals surface area contributed by atoms with E-state index in [1.54, 1.807) is 0 Å². The Labute approximate surface area is 185 Å². The van der Waals surface area contributed by atoms with Gasteiger partial charge in [0, 0.05) is 18.8 Å². The first-order valence-electron chi connectivity index (χ1n) is 9.43. The first-order valence-corrected chi connectivity index (χ1v) is 12.2. The van der Waals surface area contributed by atoms with Crippen molar-refractivity contribution < 1.29 is 17.9 Å². The largest absolute Gasteiger partial charge is 0.373 e. The van der Waals surface area contributed by atoms with Gasteiger partial charge in [0.15, 0.2) is 10.9 Å². The van der Waals surface area contributed by atoms with Crippen LogP contribution in [0.25, 0.3) is 0 Å². The van der Waals surface area contributed by atoms with Crippen molar-refractivity contribution >= 4 is 45.0 Å². The number of sulfonamides is 1. The van der Waals surface area contributed by atoms with Gasteiger partial charge in [0.1, 0.15) is 0 Å². The highest BCUT2D eigenvalue weighted by molar-refractivity contribution is 7.99. The van der Waals surface area contributed by atoms with E-state index in [1.165, 1.54) is 46.5 Å². The Bertz CT molecular complexity index is 1010. The quantitative estimate of drug-likeness (QED) is 0.510. The molecule has 0 aliphatic carbocycles. The van der Waals surface area contributed by atoms with Crippen LogP contribution in [0.5, 0.6) is 0 Å². The lowest BCUT2D eigenvalue weighted by atomic mass is 10.3. The predicted octanol–water partition coefficient (Wildman–Crippen LogP) is 3.29. The highest BCUT2D eigenvalue weighted by Crippen LogP contribution is 2.23. The van der Waals surface area contributed by atoms with Gasteiger partial charge in [-0.25, -0.2) is 18.4 Å². The van der Waals surface area contributed by atoms with Crippen LogP contribution in [0.2, 0.25) is 5.02 Å². The number of rotatable bonds is 6. The van der Waals surface area contributed by atoms with E-state index in [-0.39, 0.29) is 27.8 Å². The standard InChI is InChI=1S/C19H23ClN4O4S2/c1-4-29-19-21-9-16(20)17(23-19)18(25)22-14-5-7-15(8-6-14)30(26,27)24-10-12(2)28-13(3)11-24/h5-9,12-13H,4,10-11H2,1-3H3,(H,22,25)/t12-,13+. The molecule has 1 fully saturated rings. The summed E-state index contributed by atoms with van der Waals surface area (Å²) in [4.78, 5) is 21.0. The lowest BCUT2D eigenvalue weighted by Crippen LogP contribution is -2.48. The zero-order chi connectivity index (χ0) is 21.9. The van der Waals surface area contributed by atoms with E-state index in [0.29, 0.717) is 23.9 Å². The van der Waals surface area contributed by atoms with Gasteiger partial charge in [-0.05, 0) is 43.9 Å². The van der Waals surface area contributed by atoms with Gasteiger partial charge in [-0.3, -0.25) is 4.79 Å². The SMILES string of the molecule is CCSc1ncc(Cl)c(C(=O)Nc2ccc(S(=O)(=O)N3C[C@@H](C)O[C@@H](C)C3)cc2)n1. The van der Waals surface area contributed by atoms with E-state index in [2.05, 4.69) is 15.3 Å². The topological polar surface area (TPSA) is 101 Å². The molecule has 2 atom stereocenters. The number of aromatic nitrogens is 2. The third kappa shape index (κ3) is 5.30. The van der Waals surface area contributed by atoms with Crippen LogP contribution in [0.3, 0.4) is 0 Å². The normalized spacial score (nSPS) is 20.1. The smallest absolute Gasteiger partial charge is 0.275 e. The molecule has 1 aliphatic heterocycles. The summed E-state index contributed by atoms with van der Waals surface area (Å²) >= 11 is 7.46. The first kappa shape index (κ1) is 23.0. The molecule has 1 saturated heterocycles. The summed E-state index contributed by atoms with van der Waals surface area (Å²) in [6.45, 7) is 6.25. The van der Waals surface area contributed by atoms with Crippen LogP contribution in [-0.4, -0.2) is 59.6 Å². The third-order valence-corrected chi connectivity index (χ3v) is 7.21. The number of thioether (sulfide) groups is 1.